The molecule has 0 heterocycles. The number of hydrogen-bond donors (Lipinski definition) is 2. The summed E-state index contributed by atoms with van der Waals surface area (Å²) >= 11 is 0. The van der Waals surface area contributed by atoms with Gasteiger partial charge in [0.05, 0.1) is 12.1 Å². The lowest BCUT2D eigenvalue weighted by Crippen LogP contribution is -2.44. The Bertz CT molecular complexity index is 321. The van der Waals surface area contributed by atoms with E-state index in [0.29, 0.717) is 12.5 Å². The summed E-state index contributed by atoms with van der Waals surface area (Å²) in [5, 5.41) is 13.0. The minimum absolute atomic E-state index is 0.0680. The van der Waals surface area contributed by atoms with Crippen molar-refractivity contribution in [1.82, 2.24) is 5.32 Å². The predicted octanol–water partition coefficient (Wildman–Crippen LogP) is 2.16. The molecule has 0 radical (unpaired) electrons. The maximum absolute atomic E-state index is 9.72. The second-order valence-corrected chi connectivity index (χ2v) is 5.08. The Kier molecular flexibility index (Phi) is 6.33. The molecule has 0 bridgehead atoms. The Balaban J connectivity index is 2.64. The molecule has 0 spiro atoms. The average Bonchev–Trinajstić information content (AvgIpc) is 2.40. The van der Waals surface area contributed by atoms with Gasteiger partial charge in [-0.15, -0.1) is 0 Å². The van der Waals surface area contributed by atoms with E-state index in [2.05, 4.69) is 19.2 Å². The third-order valence-electron chi connectivity index (χ3n) is 3.20. The molecule has 0 amide bonds. The van der Waals surface area contributed by atoms with Crippen LogP contribution < -0.4 is 5.32 Å². The number of rotatable bonds is 8. The van der Waals surface area contributed by atoms with E-state index in [9.17, 15) is 5.11 Å². The Morgan fingerprint density at radius 2 is 1.94 bits per heavy atom. The molecule has 0 aromatic heterocycles. The summed E-state index contributed by atoms with van der Waals surface area (Å²) in [5.74, 6) is 0.542. The van der Waals surface area contributed by atoms with Crippen molar-refractivity contribution in [3.05, 3.63) is 35.9 Å². The average molecular weight is 251 g/mol. The fourth-order valence-electron chi connectivity index (χ4n) is 1.99. The number of likely N-dealkylation sites (N-methyl/N-ethyl adjacent to an activating group) is 1. The van der Waals surface area contributed by atoms with Crippen molar-refractivity contribution in [2.75, 3.05) is 26.9 Å². The van der Waals surface area contributed by atoms with Gasteiger partial charge < -0.3 is 15.2 Å². The van der Waals surface area contributed by atoms with Gasteiger partial charge in [0, 0.05) is 13.2 Å². The van der Waals surface area contributed by atoms with Gasteiger partial charge in [0.15, 0.2) is 0 Å². The Hall–Kier alpha value is -0.900. The summed E-state index contributed by atoms with van der Waals surface area (Å²) in [6.07, 6.45) is 0.761. The number of benzene rings is 1. The lowest BCUT2D eigenvalue weighted by molar-refractivity contribution is 0.0689. The van der Waals surface area contributed by atoms with Gasteiger partial charge in [0.1, 0.15) is 0 Å². The normalized spacial score (nSPS) is 14.7. The highest BCUT2D eigenvalue weighted by atomic mass is 16.5. The van der Waals surface area contributed by atoms with E-state index in [1.165, 1.54) is 0 Å². The standard InChI is InChI=1S/C15H25NO2/c1-13(2)11-18-10-9-15(12-17,16-3)14-7-5-4-6-8-14/h4-8,13,16-17H,9-12H2,1-3H3. The molecule has 1 atom stereocenters. The number of aliphatic hydroxyl groups excluding tert-OH is 1. The van der Waals surface area contributed by atoms with E-state index in [0.717, 1.165) is 18.6 Å². The Labute approximate surface area is 110 Å². The van der Waals surface area contributed by atoms with Crippen molar-refractivity contribution in [2.45, 2.75) is 25.8 Å². The van der Waals surface area contributed by atoms with Gasteiger partial charge in [-0.2, -0.15) is 0 Å². The van der Waals surface area contributed by atoms with Gasteiger partial charge in [-0.3, -0.25) is 0 Å². The molecule has 1 aromatic rings. The van der Waals surface area contributed by atoms with Gasteiger partial charge in [0.2, 0.25) is 0 Å². The highest BCUT2D eigenvalue weighted by molar-refractivity contribution is 5.24. The SMILES string of the molecule is CNC(CO)(CCOCC(C)C)c1ccccc1. The molecule has 1 rings (SSSR count). The first kappa shape index (κ1) is 15.2. The molecular formula is C15H25NO2. The van der Waals surface area contributed by atoms with Crippen LogP contribution in [0.25, 0.3) is 0 Å². The molecule has 0 saturated carbocycles. The van der Waals surface area contributed by atoms with E-state index in [1.54, 1.807) is 0 Å². The van der Waals surface area contributed by atoms with Crippen LogP contribution in [0.5, 0.6) is 0 Å². The fourth-order valence-corrected chi connectivity index (χ4v) is 1.99. The lowest BCUT2D eigenvalue weighted by Gasteiger charge is -2.32. The molecule has 0 fully saturated rings. The fraction of sp³-hybridized carbons (Fsp3) is 0.600. The Morgan fingerprint density at radius 3 is 2.44 bits per heavy atom. The summed E-state index contributed by atoms with van der Waals surface area (Å²) in [5.41, 5.74) is 0.696. The van der Waals surface area contributed by atoms with Crippen molar-refractivity contribution in [3.63, 3.8) is 0 Å². The first-order valence-corrected chi connectivity index (χ1v) is 6.57. The van der Waals surface area contributed by atoms with Gasteiger partial charge in [-0.25, -0.2) is 0 Å². The number of aliphatic hydroxyl groups is 1. The lowest BCUT2D eigenvalue weighted by atomic mass is 9.88. The molecule has 0 aliphatic carbocycles. The summed E-state index contributed by atoms with van der Waals surface area (Å²) in [7, 11) is 1.88. The zero-order chi connectivity index (χ0) is 13.4. The maximum atomic E-state index is 9.72. The van der Waals surface area contributed by atoms with Crippen molar-refractivity contribution >= 4 is 0 Å². The van der Waals surface area contributed by atoms with Crippen LogP contribution in [0.3, 0.4) is 0 Å². The van der Waals surface area contributed by atoms with Crippen LogP contribution in [0.2, 0.25) is 0 Å². The predicted molar refractivity (Wildman–Crippen MR) is 74.5 cm³/mol. The quantitative estimate of drug-likeness (QED) is 0.696. The molecule has 102 valence electrons. The summed E-state index contributed by atoms with van der Waals surface area (Å²) < 4.78 is 5.62. The molecule has 2 N–H and O–H groups in total. The van der Waals surface area contributed by atoms with Crippen LogP contribution in [0.1, 0.15) is 25.8 Å². The van der Waals surface area contributed by atoms with Crippen molar-refractivity contribution in [2.24, 2.45) is 5.92 Å². The second kappa shape index (κ2) is 7.52. The smallest absolute Gasteiger partial charge is 0.0688 e. The zero-order valence-corrected chi connectivity index (χ0v) is 11.6. The molecular weight excluding hydrogens is 226 g/mol. The summed E-state index contributed by atoms with van der Waals surface area (Å²) in [6, 6.07) is 10.0. The Morgan fingerprint density at radius 1 is 1.28 bits per heavy atom. The molecule has 18 heavy (non-hydrogen) atoms. The van der Waals surface area contributed by atoms with Gasteiger partial charge in [-0.05, 0) is 24.9 Å². The molecule has 0 saturated heterocycles. The second-order valence-electron chi connectivity index (χ2n) is 5.08. The van der Waals surface area contributed by atoms with Gasteiger partial charge >= 0.3 is 0 Å². The first-order chi connectivity index (χ1) is 8.64. The minimum atomic E-state index is -0.405. The van der Waals surface area contributed by atoms with Crippen LogP contribution >= 0.6 is 0 Å². The topological polar surface area (TPSA) is 41.5 Å². The first-order valence-electron chi connectivity index (χ1n) is 6.57. The van der Waals surface area contributed by atoms with E-state index in [-0.39, 0.29) is 6.61 Å². The van der Waals surface area contributed by atoms with Crippen molar-refractivity contribution in [3.8, 4) is 0 Å². The molecule has 0 aliphatic rings. The molecule has 3 nitrogen and oxygen atoms in total. The van der Waals surface area contributed by atoms with E-state index >= 15 is 0 Å². The third-order valence-corrected chi connectivity index (χ3v) is 3.20. The van der Waals surface area contributed by atoms with E-state index < -0.39 is 5.54 Å². The van der Waals surface area contributed by atoms with Crippen molar-refractivity contribution < 1.29 is 9.84 Å². The monoisotopic (exact) mass is 251 g/mol. The molecule has 1 unspecified atom stereocenters. The summed E-state index contributed by atoms with van der Waals surface area (Å²) in [6.45, 7) is 5.75. The minimum Gasteiger partial charge on any atom is -0.394 e. The molecule has 3 heteroatoms. The highest BCUT2D eigenvalue weighted by Crippen LogP contribution is 2.24. The molecule has 1 aromatic carbocycles. The number of hydrogen-bond acceptors (Lipinski definition) is 3. The maximum Gasteiger partial charge on any atom is 0.0688 e. The van der Waals surface area contributed by atoms with Crippen LogP contribution in [0, 0.1) is 5.92 Å². The van der Waals surface area contributed by atoms with Crippen LogP contribution in [-0.2, 0) is 10.3 Å². The van der Waals surface area contributed by atoms with Crippen LogP contribution in [0.15, 0.2) is 30.3 Å². The van der Waals surface area contributed by atoms with Crippen LogP contribution in [-0.4, -0.2) is 32.0 Å². The van der Waals surface area contributed by atoms with Gasteiger partial charge in [0.25, 0.3) is 0 Å². The number of nitrogens with one attached hydrogen (secondary N) is 1. The number of ether oxygens (including phenoxy) is 1. The largest absolute Gasteiger partial charge is 0.394 e. The third kappa shape index (κ3) is 4.09. The highest BCUT2D eigenvalue weighted by Gasteiger charge is 2.29. The molecule has 0 aliphatic heterocycles. The van der Waals surface area contributed by atoms with Crippen molar-refractivity contribution in [1.29, 1.82) is 0 Å². The van der Waals surface area contributed by atoms with E-state index in [1.807, 2.05) is 37.4 Å². The van der Waals surface area contributed by atoms with E-state index in [4.69, 9.17) is 4.74 Å². The van der Waals surface area contributed by atoms with Gasteiger partial charge in [-0.1, -0.05) is 44.2 Å². The summed E-state index contributed by atoms with van der Waals surface area (Å²) in [4.78, 5) is 0. The zero-order valence-electron chi connectivity index (χ0n) is 11.6. The van der Waals surface area contributed by atoms with Crippen LogP contribution in [0.4, 0.5) is 0 Å².